The van der Waals surface area contributed by atoms with Gasteiger partial charge in [0, 0.05) is 19.5 Å². The van der Waals surface area contributed by atoms with Crippen LogP contribution in [0.15, 0.2) is 30.3 Å². The van der Waals surface area contributed by atoms with Gasteiger partial charge < -0.3 is 5.43 Å². The minimum absolute atomic E-state index is 0.276. The lowest BCUT2D eigenvalue weighted by Crippen LogP contribution is -2.36. The molecule has 0 atom stereocenters. The van der Waals surface area contributed by atoms with Gasteiger partial charge in [0.05, 0.1) is 11.2 Å². The third-order valence-electron chi connectivity index (χ3n) is 2.43. The van der Waals surface area contributed by atoms with Crippen LogP contribution < -0.4 is 16.7 Å². The van der Waals surface area contributed by atoms with Crippen LogP contribution in [0.25, 0.3) is 10.9 Å². The van der Waals surface area contributed by atoms with Gasteiger partial charge in [0.15, 0.2) is 0 Å². The normalized spacial score (nSPS) is 10.7. The Morgan fingerprint density at radius 2 is 2.06 bits per heavy atom. The van der Waals surface area contributed by atoms with Gasteiger partial charge in [-0.2, -0.15) is 0 Å². The predicted octanol–water partition coefficient (Wildman–Crippen LogP) is 0.727. The first-order chi connectivity index (χ1) is 8.61. The van der Waals surface area contributed by atoms with Gasteiger partial charge >= 0.3 is 0 Å². The van der Waals surface area contributed by atoms with Gasteiger partial charge in [-0.15, -0.1) is 0 Å². The van der Waals surface area contributed by atoms with Crippen molar-refractivity contribution >= 4 is 22.5 Å². The molecule has 0 unspecified atom stereocenters. The number of hydrazine groups is 2. The van der Waals surface area contributed by atoms with Crippen LogP contribution in [-0.2, 0) is 0 Å². The molecule has 2 rings (SSSR count). The molecular weight excluding hydrogens is 230 g/mol. The summed E-state index contributed by atoms with van der Waals surface area (Å²) in [6, 6.07) is 9.11. The number of rotatable bonds is 3. The van der Waals surface area contributed by atoms with E-state index in [9.17, 15) is 4.79 Å². The lowest BCUT2D eigenvalue weighted by atomic mass is 10.1. The lowest BCUT2D eigenvalue weighted by Gasteiger charge is -2.13. The fourth-order valence-corrected chi connectivity index (χ4v) is 1.67. The van der Waals surface area contributed by atoms with E-state index < -0.39 is 0 Å². The minimum atomic E-state index is -0.276. The van der Waals surface area contributed by atoms with Crippen LogP contribution in [-0.4, -0.2) is 30.0 Å². The summed E-state index contributed by atoms with van der Waals surface area (Å²) in [6.07, 6.45) is 0. The van der Waals surface area contributed by atoms with Gasteiger partial charge in [-0.1, -0.05) is 18.2 Å². The number of fused-ring (bicyclic) bond motifs is 1. The number of hydrogen-bond acceptors (Lipinski definition) is 5. The largest absolute Gasteiger partial charge is 0.323 e. The fourth-order valence-electron chi connectivity index (χ4n) is 1.67. The van der Waals surface area contributed by atoms with Crippen molar-refractivity contribution in [3.63, 3.8) is 0 Å². The molecule has 94 valence electrons. The first kappa shape index (κ1) is 12.3. The quantitative estimate of drug-likeness (QED) is 0.548. The molecule has 0 spiro atoms. The van der Waals surface area contributed by atoms with Crippen LogP contribution in [0.5, 0.6) is 0 Å². The molecule has 2 aromatic rings. The highest BCUT2D eigenvalue weighted by Crippen LogP contribution is 2.22. The summed E-state index contributed by atoms with van der Waals surface area (Å²) in [5.74, 6) is 5.19. The molecule has 0 bridgehead atoms. The Morgan fingerprint density at radius 3 is 2.72 bits per heavy atom. The zero-order valence-electron chi connectivity index (χ0n) is 10.3. The summed E-state index contributed by atoms with van der Waals surface area (Å²) in [4.78, 5) is 16.2. The number of nitrogens with zero attached hydrogens (tertiary/aromatic N) is 2. The Bertz CT molecular complexity index is 582. The van der Waals surface area contributed by atoms with Crippen LogP contribution >= 0.6 is 0 Å². The van der Waals surface area contributed by atoms with Crippen LogP contribution in [0, 0.1) is 0 Å². The molecule has 0 saturated carbocycles. The maximum absolute atomic E-state index is 11.9. The molecule has 18 heavy (non-hydrogen) atoms. The number of pyridine rings is 1. The van der Waals surface area contributed by atoms with Crippen LogP contribution in [0.4, 0.5) is 5.69 Å². The molecule has 0 aliphatic carbocycles. The Morgan fingerprint density at radius 1 is 1.33 bits per heavy atom. The zero-order chi connectivity index (χ0) is 13.1. The Kier molecular flexibility index (Phi) is 3.40. The van der Waals surface area contributed by atoms with Gasteiger partial charge in [-0.05, 0) is 12.1 Å². The SMILES string of the molecule is CN(C)NC(=O)c1cc(NN)c2ccccc2n1. The molecule has 1 aromatic carbocycles. The smallest absolute Gasteiger partial charge is 0.284 e. The van der Waals surface area contributed by atoms with Gasteiger partial charge in [-0.3, -0.25) is 16.1 Å². The molecule has 6 nitrogen and oxygen atoms in total. The number of nitrogens with one attached hydrogen (secondary N) is 2. The van der Waals surface area contributed by atoms with E-state index >= 15 is 0 Å². The van der Waals surface area contributed by atoms with E-state index in [0.29, 0.717) is 11.4 Å². The van der Waals surface area contributed by atoms with Crippen molar-refractivity contribution in [1.29, 1.82) is 0 Å². The van der Waals surface area contributed by atoms with Gasteiger partial charge in [-0.25, -0.2) is 9.99 Å². The molecule has 0 aliphatic heterocycles. The Labute approximate surface area is 105 Å². The van der Waals surface area contributed by atoms with Crippen molar-refractivity contribution < 1.29 is 4.79 Å². The average Bonchev–Trinajstić information content (AvgIpc) is 2.36. The monoisotopic (exact) mass is 245 g/mol. The van der Waals surface area contributed by atoms with E-state index in [2.05, 4.69) is 15.8 Å². The molecular formula is C12H15N5O. The van der Waals surface area contributed by atoms with E-state index in [1.54, 1.807) is 25.2 Å². The second-order valence-corrected chi connectivity index (χ2v) is 4.05. The Hall–Kier alpha value is -2.18. The maximum atomic E-state index is 11.9. The molecule has 4 N–H and O–H groups in total. The summed E-state index contributed by atoms with van der Waals surface area (Å²) in [5.41, 5.74) is 6.93. The van der Waals surface area contributed by atoms with Crippen molar-refractivity contribution in [2.24, 2.45) is 5.84 Å². The molecule has 1 aromatic heterocycles. The number of nitrogen functional groups attached to an aromatic ring is 1. The highest BCUT2D eigenvalue weighted by molar-refractivity contribution is 5.99. The summed E-state index contributed by atoms with van der Waals surface area (Å²) < 4.78 is 0. The van der Waals surface area contributed by atoms with Crippen LogP contribution in [0.3, 0.4) is 0 Å². The number of benzene rings is 1. The van der Waals surface area contributed by atoms with Crippen LogP contribution in [0.1, 0.15) is 10.5 Å². The number of para-hydroxylation sites is 1. The lowest BCUT2D eigenvalue weighted by molar-refractivity contribution is 0.0852. The molecule has 0 saturated heterocycles. The Balaban J connectivity index is 2.50. The van der Waals surface area contributed by atoms with Gasteiger partial charge in [0.25, 0.3) is 5.91 Å². The van der Waals surface area contributed by atoms with Crippen molar-refractivity contribution in [3.8, 4) is 0 Å². The second-order valence-electron chi connectivity index (χ2n) is 4.05. The first-order valence-corrected chi connectivity index (χ1v) is 5.46. The molecule has 6 heteroatoms. The van der Waals surface area contributed by atoms with E-state index in [1.807, 2.05) is 24.3 Å². The third-order valence-corrected chi connectivity index (χ3v) is 2.43. The van der Waals surface area contributed by atoms with Gasteiger partial charge in [0.1, 0.15) is 5.69 Å². The summed E-state index contributed by atoms with van der Waals surface area (Å²) in [5, 5.41) is 2.44. The van der Waals surface area contributed by atoms with Gasteiger partial charge in [0.2, 0.25) is 0 Å². The maximum Gasteiger partial charge on any atom is 0.284 e. The predicted molar refractivity (Wildman–Crippen MR) is 70.7 cm³/mol. The highest BCUT2D eigenvalue weighted by atomic mass is 16.2. The first-order valence-electron chi connectivity index (χ1n) is 5.46. The van der Waals surface area contributed by atoms with E-state index in [-0.39, 0.29) is 5.91 Å². The molecule has 1 amide bonds. The van der Waals surface area contributed by atoms with Crippen molar-refractivity contribution in [1.82, 2.24) is 15.4 Å². The van der Waals surface area contributed by atoms with Crippen molar-refractivity contribution in [2.45, 2.75) is 0 Å². The molecule has 0 fully saturated rings. The van der Waals surface area contributed by atoms with Crippen molar-refractivity contribution in [3.05, 3.63) is 36.0 Å². The molecule has 0 radical (unpaired) electrons. The molecule has 1 heterocycles. The third kappa shape index (κ3) is 2.39. The molecule has 0 aliphatic rings. The summed E-state index contributed by atoms with van der Waals surface area (Å²) in [6.45, 7) is 0. The van der Waals surface area contributed by atoms with E-state index in [0.717, 1.165) is 10.9 Å². The topological polar surface area (TPSA) is 83.3 Å². The summed E-state index contributed by atoms with van der Waals surface area (Å²) in [7, 11) is 3.47. The summed E-state index contributed by atoms with van der Waals surface area (Å²) >= 11 is 0. The zero-order valence-corrected chi connectivity index (χ0v) is 10.3. The highest BCUT2D eigenvalue weighted by Gasteiger charge is 2.11. The number of anilines is 1. The number of hydrogen-bond donors (Lipinski definition) is 3. The fraction of sp³-hybridized carbons (Fsp3) is 0.167. The number of carbonyl (C=O) groups excluding carboxylic acids is 1. The number of amides is 1. The number of aromatic nitrogens is 1. The number of carbonyl (C=O) groups is 1. The van der Waals surface area contributed by atoms with E-state index in [1.165, 1.54) is 0 Å². The standard InChI is InChI=1S/C12H15N5O/c1-17(2)16-12(18)11-7-10(15-13)8-5-3-4-6-9(8)14-11/h3-7H,13H2,1-2H3,(H,14,15)(H,16,18). The minimum Gasteiger partial charge on any atom is -0.323 e. The van der Waals surface area contributed by atoms with E-state index in [4.69, 9.17) is 5.84 Å². The van der Waals surface area contributed by atoms with Crippen LogP contribution in [0.2, 0.25) is 0 Å². The average molecular weight is 245 g/mol. The second kappa shape index (κ2) is 4.99. The number of nitrogens with two attached hydrogens (primary N) is 1. The van der Waals surface area contributed by atoms with Crippen molar-refractivity contribution in [2.75, 3.05) is 19.5 Å².